The second-order valence-electron chi connectivity index (χ2n) is 9.24. The third-order valence-electron chi connectivity index (χ3n) is 6.73. The molecule has 0 spiro atoms. The molecule has 1 aromatic heterocycles. The maximum atomic E-state index is 14.1. The summed E-state index contributed by atoms with van der Waals surface area (Å²) in [5.74, 6) is -0.994. The fourth-order valence-electron chi connectivity index (χ4n) is 4.83. The maximum absolute atomic E-state index is 14.1. The number of aryl methyl sites for hydroxylation is 1. The molecule has 5 aromatic rings. The molecular formula is C31H23F4NO3. The molecule has 0 saturated heterocycles. The standard InChI is InChI=1S/C31H23F4NO3/c1-18-14-22(8-12-26(18)32)28-25-16-21(20-6-10-24(39-2)11-7-20)9-13-27(25)36(29(28)30(37)38)17-19-4-3-5-23(15-19)31(33,34)35/h3-16H,17H2,1-2H3,(H,37,38). The first-order chi connectivity index (χ1) is 18.6. The van der Waals surface area contributed by atoms with Crippen molar-refractivity contribution in [3.8, 4) is 28.0 Å². The molecule has 0 fully saturated rings. The van der Waals surface area contributed by atoms with Crippen molar-refractivity contribution in [2.24, 2.45) is 0 Å². The van der Waals surface area contributed by atoms with Crippen LogP contribution in [0.2, 0.25) is 0 Å². The predicted octanol–water partition coefficient (Wildman–Crippen LogP) is 8.20. The highest BCUT2D eigenvalue weighted by Gasteiger charge is 2.31. The Kier molecular flexibility index (Phi) is 6.64. The Morgan fingerprint density at radius 2 is 1.59 bits per heavy atom. The number of nitrogens with zero attached hydrogens (tertiary/aromatic N) is 1. The van der Waals surface area contributed by atoms with Gasteiger partial charge in [0.15, 0.2) is 0 Å². The van der Waals surface area contributed by atoms with Gasteiger partial charge in [-0.1, -0.05) is 36.4 Å². The first-order valence-corrected chi connectivity index (χ1v) is 12.0. The zero-order chi connectivity index (χ0) is 27.9. The number of hydrogen-bond donors (Lipinski definition) is 1. The van der Waals surface area contributed by atoms with Gasteiger partial charge >= 0.3 is 12.1 Å². The molecule has 0 bridgehead atoms. The topological polar surface area (TPSA) is 51.5 Å². The highest BCUT2D eigenvalue weighted by molar-refractivity contribution is 6.09. The minimum atomic E-state index is -4.53. The van der Waals surface area contributed by atoms with Crippen molar-refractivity contribution < 1.29 is 32.2 Å². The lowest BCUT2D eigenvalue weighted by Gasteiger charge is -2.12. The molecule has 39 heavy (non-hydrogen) atoms. The molecular weight excluding hydrogens is 510 g/mol. The number of carboxylic acids is 1. The van der Waals surface area contributed by atoms with E-state index in [0.29, 0.717) is 38.9 Å². The zero-order valence-corrected chi connectivity index (χ0v) is 21.0. The smallest absolute Gasteiger partial charge is 0.416 e. The summed E-state index contributed by atoms with van der Waals surface area (Å²) < 4.78 is 61.0. The molecule has 0 aliphatic carbocycles. The van der Waals surface area contributed by atoms with Crippen molar-refractivity contribution in [3.05, 3.63) is 113 Å². The van der Waals surface area contributed by atoms with E-state index in [9.17, 15) is 27.5 Å². The molecule has 0 atom stereocenters. The lowest BCUT2D eigenvalue weighted by atomic mass is 9.97. The van der Waals surface area contributed by atoms with Gasteiger partial charge in [-0.05, 0) is 83.3 Å². The first kappa shape index (κ1) is 26.0. The van der Waals surface area contributed by atoms with Crippen molar-refractivity contribution in [3.63, 3.8) is 0 Å². The fraction of sp³-hybridized carbons (Fsp3) is 0.129. The lowest BCUT2D eigenvalue weighted by molar-refractivity contribution is -0.137. The van der Waals surface area contributed by atoms with Crippen LogP contribution >= 0.6 is 0 Å². The largest absolute Gasteiger partial charge is 0.497 e. The van der Waals surface area contributed by atoms with Gasteiger partial charge in [0.05, 0.1) is 12.7 Å². The average molecular weight is 534 g/mol. The molecule has 0 radical (unpaired) electrons. The summed E-state index contributed by atoms with van der Waals surface area (Å²) in [4.78, 5) is 12.7. The number of carboxylic acid groups (broad SMARTS) is 1. The van der Waals surface area contributed by atoms with Gasteiger partial charge in [0.25, 0.3) is 0 Å². The van der Waals surface area contributed by atoms with E-state index in [-0.39, 0.29) is 12.2 Å². The summed E-state index contributed by atoms with van der Waals surface area (Å²) in [6, 6.07) is 22.0. The van der Waals surface area contributed by atoms with Crippen LogP contribution in [0.15, 0.2) is 84.9 Å². The average Bonchev–Trinajstić information content (AvgIpc) is 3.23. The quantitative estimate of drug-likeness (QED) is 0.224. The first-order valence-electron chi connectivity index (χ1n) is 12.0. The maximum Gasteiger partial charge on any atom is 0.416 e. The van der Waals surface area contributed by atoms with E-state index in [1.54, 1.807) is 26.2 Å². The molecule has 1 heterocycles. The summed E-state index contributed by atoms with van der Waals surface area (Å²) in [5, 5.41) is 10.9. The van der Waals surface area contributed by atoms with Crippen LogP contribution in [0.25, 0.3) is 33.2 Å². The zero-order valence-electron chi connectivity index (χ0n) is 21.0. The number of methoxy groups -OCH3 is 1. The van der Waals surface area contributed by atoms with Crippen molar-refractivity contribution in [1.82, 2.24) is 4.57 Å². The van der Waals surface area contributed by atoms with Crippen molar-refractivity contribution in [2.75, 3.05) is 7.11 Å². The van der Waals surface area contributed by atoms with Crippen molar-refractivity contribution >= 4 is 16.9 Å². The normalized spacial score (nSPS) is 11.6. The second kappa shape index (κ2) is 9.94. The van der Waals surface area contributed by atoms with Gasteiger partial charge in [0, 0.05) is 23.0 Å². The molecule has 5 rings (SSSR count). The number of fused-ring (bicyclic) bond motifs is 1. The highest BCUT2D eigenvalue weighted by Crippen LogP contribution is 2.39. The molecule has 0 aliphatic heterocycles. The van der Waals surface area contributed by atoms with E-state index in [1.807, 2.05) is 36.4 Å². The molecule has 0 saturated carbocycles. The van der Waals surface area contributed by atoms with Crippen LogP contribution in [0.3, 0.4) is 0 Å². The summed E-state index contributed by atoms with van der Waals surface area (Å²) in [5.41, 5.74) is 2.77. The van der Waals surface area contributed by atoms with Gasteiger partial charge in [0.2, 0.25) is 0 Å². The molecule has 0 amide bonds. The van der Waals surface area contributed by atoms with Gasteiger partial charge in [-0.2, -0.15) is 13.2 Å². The van der Waals surface area contributed by atoms with E-state index in [1.165, 1.54) is 28.8 Å². The number of ether oxygens (including phenoxy) is 1. The Morgan fingerprint density at radius 1 is 0.897 bits per heavy atom. The Hall–Kier alpha value is -4.59. The minimum Gasteiger partial charge on any atom is -0.497 e. The molecule has 1 N–H and O–H groups in total. The third kappa shape index (κ3) is 4.97. The molecule has 4 nitrogen and oxygen atoms in total. The van der Waals surface area contributed by atoms with Crippen molar-refractivity contribution in [2.45, 2.75) is 19.6 Å². The number of benzene rings is 4. The van der Waals surface area contributed by atoms with Crippen LogP contribution in [0, 0.1) is 12.7 Å². The van der Waals surface area contributed by atoms with Gasteiger partial charge in [-0.25, -0.2) is 9.18 Å². The number of carbonyl (C=O) groups is 1. The third-order valence-corrected chi connectivity index (χ3v) is 6.73. The van der Waals surface area contributed by atoms with E-state index < -0.39 is 23.5 Å². The summed E-state index contributed by atoms with van der Waals surface area (Å²) in [6.07, 6.45) is -4.53. The molecule has 8 heteroatoms. The SMILES string of the molecule is COc1ccc(-c2ccc3c(c2)c(-c2ccc(F)c(C)c2)c(C(=O)O)n3Cc2cccc(C(F)(F)F)c2)cc1. The number of aromatic nitrogens is 1. The van der Waals surface area contributed by atoms with Crippen LogP contribution in [-0.2, 0) is 12.7 Å². The number of rotatable bonds is 6. The fourth-order valence-corrected chi connectivity index (χ4v) is 4.83. The van der Waals surface area contributed by atoms with Gasteiger partial charge in [-0.3, -0.25) is 0 Å². The Morgan fingerprint density at radius 3 is 2.23 bits per heavy atom. The van der Waals surface area contributed by atoms with E-state index >= 15 is 0 Å². The van der Waals surface area contributed by atoms with E-state index in [2.05, 4.69) is 0 Å². The molecule has 198 valence electrons. The number of aromatic carboxylic acids is 1. The van der Waals surface area contributed by atoms with Gasteiger partial charge in [0.1, 0.15) is 17.3 Å². The Balaban J connectivity index is 1.76. The number of hydrogen-bond acceptors (Lipinski definition) is 2. The molecule has 4 aromatic carbocycles. The Labute approximate surface area is 221 Å². The molecule has 0 unspecified atom stereocenters. The second-order valence-corrected chi connectivity index (χ2v) is 9.24. The summed E-state index contributed by atoms with van der Waals surface area (Å²) in [6.45, 7) is 1.48. The van der Waals surface area contributed by atoms with Crippen LogP contribution in [0.4, 0.5) is 17.6 Å². The lowest BCUT2D eigenvalue weighted by Crippen LogP contribution is -2.12. The number of alkyl halides is 3. The monoisotopic (exact) mass is 533 g/mol. The highest BCUT2D eigenvalue weighted by atomic mass is 19.4. The van der Waals surface area contributed by atoms with Gasteiger partial charge in [-0.15, -0.1) is 0 Å². The van der Waals surface area contributed by atoms with E-state index in [4.69, 9.17) is 4.74 Å². The van der Waals surface area contributed by atoms with Crippen LogP contribution in [0.1, 0.15) is 27.2 Å². The van der Waals surface area contributed by atoms with Crippen molar-refractivity contribution in [1.29, 1.82) is 0 Å². The molecule has 0 aliphatic rings. The number of halogens is 4. The predicted molar refractivity (Wildman–Crippen MR) is 142 cm³/mol. The summed E-state index contributed by atoms with van der Waals surface area (Å²) in [7, 11) is 1.57. The van der Waals surface area contributed by atoms with Gasteiger partial charge < -0.3 is 14.4 Å². The van der Waals surface area contributed by atoms with Crippen LogP contribution in [0.5, 0.6) is 5.75 Å². The summed E-state index contributed by atoms with van der Waals surface area (Å²) >= 11 is 0. The van der Waals surface area contributed by atoms with Crippen LogP contribution in [-0.4, -0.2) is 22.8 Å². The Bertz CT molecular complexity index is 1700. The minimum absolute atomic E-state index is 0.0969. The van der Waals surface area contributed by atoms with Crippen LogP contribution < -0.4 is 4.74 Å². The van der Waals surface area contributed by atoms with E-state index in [0.717, 1.165) is 23.3 Å².